The van der Waals surface area contributed by atoms with E-state index >= 15 is 0 Å². The molecule has 0 unspecified atom stereocenters. The van der Waals surface area contributed by atoms with E-state index in [-0.39, 0.29) is 6.42 Å². The molecule has 7 nitrogen and oxygen atoms in total. The van der Waals surface area contributed by atoms with Crippen LogP contribution in [0.25, 0.3) is 0 Å². The van der Waals surface area contributed by atoms with Crippen LogP contribution in [-0.2, 0) is 14.4 Å². The van der Waals surface area contributed by atoms with Crippen LogP contribution in [0.5, 0.6) is 0 Å². The number of carbonyl (C=O) groups excluding carboxylic acids is 2. The standard InChI is InChI=1S/C7H13N3O4/c1-3(7(13)14)10-6(12)4(8)2-5(9)11/h3-4H,2,8H2,1H3,(H2,9,11)(H,10,12)(H,13,14)/t3-,4+/m0/s1. The number of amides is 2. The molecule has 14 heavy (non-hydrogen) atoms. The van der Waals surface area contributed by atoms with E-state index in [1.807, 2.05) is 0 Å². The zero-order valence-electron chi connectivity index (χ0n) is 7.69. The van der Waals surface area contributed by atoms with Crippen molar-refractivity contribution >= 4 is 17.8 Å². The van der Waals surface area contributed by atoms with Gasteiger partial charge in [0.1, 0.15) is 6.04 Å². The van der Waals surface area contributed by atoms with Crippen LogP contribution in [0.15, 0.2) is 0 Å². The first-order chi connectivity index (χ1) is 6.34. The summed E-state index contributed by atoms with van der Waals surface area (Å²) in [6.07, 6.45) is -0.307. The van der Waals surface area contributed by atoms with Crippen LogP contribution >= 0.6 is 0 Å². The molecular weight excluding hydrogens is 190 g/mol. The van der Waals surface area contributed by atoms with Crippen molar-refractivity contribution in [3.63, 3.8) is 0 Å². The lowest BCUT2D eigenvalue weighted by atomic mass is 10.2. The molecule has 0 saturated carbocycles. The Balaban J connectivity index is 4.07. The third-order valence-corrected chi connectivity index (χ3v) is 1.49. The quantitative estimate of drug-likeness (QED) is 0.401. The predicted octanol–water partition coefficient (Wildman–Crippen LogP) is -2.22. The van der Waals surface area contributed by atoms with Gasteiger partial charge in [-0.05, 0) is 6.92 Å². The largest absolute Gasteiger partial charge is 0.480 e. The number of primary amides is 1. The number of carbonyl (C=O) groups is 3. The van der Waals surface area contributed by atoms with Crippen LogP contribution in [0.3, 0.4) is 0 Å². The normalized spacial score (nSPS) is 14.1. The molecule has 0 aliphatic carbocycles. The Morgan fingerprint density at radius 2 is 1.93 bits per heavy atom. The first-order valence-electron chi connectivity index (χ1n) is 3.91. The minimum absolute atomic E-state index is 0.307. The van der Waals surface area contributed by atoms with Crippen molar-refractivity contribution in [1.82, 2.24) is 5.32 Å². The molecule has 2 atom stereocenters. The van der Waals surface area contributed by atoms with E-state index in [4.69, 9.17) is 16.6 Å². The zero-order valence-corrected chi connectivity index (χ0v) is 7.69. The summed E-state index contributed by atoms with van der Waals surface area (Å²) in [5.41, 5.74) is 10.1. The Kier molecular flexibility index (Phi) is 4.57. The summed E-state index contributed by atoms with van der Waals surface area (Å²) in [6, 6.07) is -2.14. The fourth-order valence-electron chi connectivity index (χ4n) is 0.692. The lowest BCUT2D eigenvalue weighted by molar-refractivity contribution is -0.141. The summed E-state index contributed by atoms with van der Waals surface area (Å²) in [7, 11) is 0. The number of carboxylic acids is 1. The van der Waals surface area contributed by atoms with Crippen molar-refractivity contribution in [2.75, 3.05) is 0 Å². The minimum atomic E-state index is -1.18. The molecule has 0 aliphatic rings. The van der Waals surface area contributed by atoms with Gasteiger partial charge in [0.25, 0.3) is 0 Å². The van der Waals surface area contributed by atoms with E-state index in [1.165, 1.54) is 6.92 Å². The molecule has 0 bridgehead atoms. The van der Waals surface area contributed by atoms with Crippen LogP contribution in [-0.4, -0.2) is 35.0 Å². The van der Waals surface area contributed by atoms with Gasteiger partial charge >= 0.3 is 5.97 Å². The van der Waals surface area contributed by atoms with Crippen LogP contribution in [0.4, 0.5) is 0 Å². The van der Waals surface area contributed by atoms with Gasteiger partial charge in [-0.15, -0.1) is 0 Å². The van der Waals surface area contributed by atoms with Crippen LogP contribution < -0.4 is 16.8 Å². The Morgan fingerprint density at radius 3 is 2.29 bits per heavy atom. The molecule has 0 heterocycles. The maximum Gasteiger partial charge on any atom is 0.325 e. The van der Waals surface area contributed by atoms with E-state index in [9.17, 15) is 14.4 Å². The summed E-state index contributed by atoms with van der Waals surface area (Å²) in [6.45, 7) is 1.29. The number of carboxylic acid groups (broad SMARTS) is 1. The second kappa shape index (κ2) is 5.18. The molecule has 7 heteroatoms. The number of nitrogens with two attached hydrogens (primary N) is 2. The van der Waals surface area contributed by atoms with E-state index < -0.39 is 29.9 Å². The average Bonchev–Trinajstić information content (AvgIpc) is 2.02. The van der Waals surface area contributed by atoms with Gasteiger partial charge in [0.05, 0.1) is 12.5 Å². The van der Waals surface area contributed by atoms with Gasteiger partial charge in [0.2, 0.25) is 11.8 Å². The molecule has 0 saturated heterocycles. The highest BCUT2D eigenvalue weighted by Crippen LogP contribution is 1.89. The molecule has 0 rings (SSSR count). The maximum absolute atomic E-state index is 11.1. The molecule has 0 fully saturated rings. The van der Waals surface area contributed by atoms with Crippen molar-refractivity contribution in [3.05, 3.63) is 0 Å². The highest BCUT2D eigenvalue weighted by Gasteiger charge is 2.20. The second-order valence-corrected chi connectivity index (χ2v) is 2.85. The number of rotatable bonds is 5. The zero-order chi connectivity index (χ0) is 11.3. The van der Waals surface area contributed by atoms with Gasteiger partial charge in [-0.3, -0.25) is 14.4 Å². The number of hydrogen-bond acceptors (Lipinski definition) is 4. The van der Waals surface area contributed by atoms with Gasteiger partial charge in [-0.2, -0.15) is 0 Å². The summed E-state index contributed by atoms with van der Waals surface area (Å²) in [5, 5.41) is 10.6. The van der Waals surface area contributed by atoms with Crippen molar-refractivity contribution in [1.29, 1.82) is 0 Å². The van der Waals surface area contributed by atoms with Gasteiger partial charge in [0, 0.05) is 0 Å². The fourth-order valence-corrected chi connectivity index (χ4v) is 0.692. The first-order valence-corrected chi connectivity index (χ1v) is 3.91. The molecule has 0 aromatic rings. The van der Waals surface area contributed by atoms with Gasteiger partial charge in [-0.1, -0.05) is 0 Å². The second-order valence-electron chi connectivity index (χ2n) is 2.85. The van der Waals surface area contributed by atoms with E-state index in [0.717, 1.165) is 0 Å². The summed E-state index contributed by atoms with van der Waals surface area (Å²) in [4.78, 5) is 31.8. The third kappa shape index (κ3) is 4.41. The van der Waals surface area contributed by atoms with Gasteiger partial charge in [0.15, 0.2) is 0 Å². The summed E-state index contributed by atoms with van der Waals surface area (Å²) >= 11 is 0. The van der Waals surface area contributed by atoms with Crippen molar-refractivity contribution in [2.45, 2.75) is 25.4 Å². The Morgan fingerprint density at radius 1 is 1.43 bits per heavy atom. The first kappa shape index (κ1) is 12.4. The molecule has 80 valence electrons. The topological polar surface area (TPSA) is 136 Å². The van der Waals surface area contributed by atoms with Crippen LogP contribution in [0.2, 0.25) is 0 Å². The Bertz CT molecular complexity index is 253. The SMILES string of the molecule is C[C@H](NC(=O)[C@H](N)CC(N)=O)C(=O)O. The van der Waals surface area contributed by atoms with Crippen LogP contribution in [0, 0.1) is 0 Å². The van der Waals surface area contributed by atoms with E-state index in [0.29, 0.717) is 0 Å². The Hall–Kier alpha value is -1.63. The Labute approximate surface area is 80.4 Å². The average molecular weight is 203 g/mol. The number of hydrogen-bond donors (Lipinski definition) is 4. The number of aliphatic carboxylic acids is 1. The van der Waals surface area contributed by atoms with E-state index in [1.54, 1.807) is 0 Å². The molecule has 0 aromatic carbocycles. The van der Waals surface area contributed by atoms with Crippen molar-refractivity contribution in [3.8, 4) is 0 Å². The van der Waals surface area contributed by atoms with Gasteiger partial charge in [-0.25, -0.2) is 0 Å². The molecular formula is C7H13N3O4. The molecule has 6 N–H and O–H groups in total. The molecule has 2 amide bonds. The fraction of sp³-hybridized carbons (Fsp3) is 0.571. The maximum atomic E-state index is 11.1. The highest BCUT2D eigenvalue weighted by atomic mass is 16.4. The van der Waals surface area contributed by atoms with E-state index in [2.05, 4.69) is 5.32 Å². The molecule has 0 aromatic heterocycles. The lowest BCUT2D eigenvalue weighted by Gasteiger charge is -2.13. The smallest absolute Gasteiger partial charge is 0.325 e. The highest BCUT2D eigenvalue weighted by molar-refractivity contribution is 5.90. The third-order valence-electron chi connectivity index (χ3n) is 1.49. The van der Waals surface area contributed by atoms with Gasteiger partial charge < -0.3 is 21.9 Å². The molecule has 0 aliphatic heterocycles. The molecule has 0 radical (unpaired) electrons. The minimum Gasteiger partial charge on any atom is -0.480 e. The lowest BCUT2D eigenvalue weighted by Crippen LogP contribution is -2.48. The predicted molar refractivity (Wildman–Crippen MR) is 47.0 cm³/mol. The van der Waals surface area contributed by atoms with Crippen molar-refractivity contribution < 1.29 is 19.5 Å². The summed E-state index contributed by atoms with van der Waals surface area (Å²) in [5.74, 6) is -2.60. The summed E-state index contributed by atoms with van der Waals surface area (Å²) < 4.78 is 0. The van der Waals surface area contributed by atoms with Crippen LogP contribution in [0.1, 0.15) is 13.3 Å². The number of nitrogens with one attached hydrogen (secondary N) is 1. The monoisotopic (exact) mass is 203 g/mol. The molecule has 0 spiro atoms. The van der Waals surface area contributed by atoms with Crippen molar-refractivity contribution in [2.24, 2.45) is 11.5 Å².